The van der Waals surface area contributed by atoms with Gasteiger partial charge in [-0.3, -0.25) is 4.84 Å². The van der Waals surface area contributed by atoms with Gasteiger partial charge in [-0.15, -0.1) is 5.10 Å². The topological polar surface area (TPSA) is 52.0 Å². The zero-order valence-corrected chi connectivity index (χ0v) is 7.03. The summed E-state index contributed by atoms with van der Waals surface area (Å²) in [5, 5.41) is 8.02. The van der Waals surface area contributed by atoms with E-state index in [1.54, 1.807) is 0 Å². The van der Waals surface area contributed by atoms with Crippen LogP contribution in [0.1, 0.15) is 18.7 Å². The lowest BCUT2D eigenvalue weighted by Crippen LogP contribution is -2.14. The summed E-state index contributed by atoms with van der Waals surface area (Å²) in [6, 6.07) is 0.304. The van der Waals surface area contributed by atoms with Gasteiger partial charge in [-0.25, -0.2) is 10.2 Å². The normalized spacial score (nSPS) is 23.2. The molecule has 1 aromatic heterocycles. The predicted octanol–water partition coefficient (Wildman–Crippen LogP) is -0.0836. The summed E-state index contributed by atoms with van der Waals surface area (Å²) in [6.07, 6.45) is 2.90. The lowest BCUT2D eigenvalue weighted by atomic mass is 10.3. The van der Waals surface area contributed by atoms with Crippen LogP contribution in [0, 0.1) is 0 Å². The van der Waals surface area contributed by atoms with E-state index in [4.69, 9.17) is 4.84 Å². The monoisotopic (exact) mass is 168 g/mol. The predicted molar refractivity (Wildman–Crippen MR) is 42.4 cm³/mol. The molecule has 5 nitrogen and oxygen atoms in total. The molecule has 2 heterocycles. The Kier molecular flexibility index (Phi) is 2.05. The molecule has 1 fully saturated rings. The SMILES string of the molecule is CCc1cn([C@H]2CNOC2)nn1. The van der Waals surface area contributed by atoms with Gasteiger partial charge in [0, 0.05) is 12.7 Å². The molecule has 0 spiro atoms. The third kappa shape index (κ3) is 1.33. The van der Waals surface area contributed by atoms with Crippen LogP contribution in [0.5, 0.6) is 0 Å². The summed E-state index contributed by atoms with van der Waals surface area (Å²) in [7, 11) is 0. The molecule has 5 heteroatoms. The Morgan fingerprint density at radius 3 is 3.33 bits per heavy atom. The minimum absolute atomic E-state index is 0.304. The summed E-state index contributed by atoms with van der Waals surface area (Å²) in [5.41, 5.74) is 3.84. The van der Waals surface area contributed by atoms with Crippen molar-refractivity contribution in [3.63, 3.8) is 0 Å². The fourth-order valence-electron chi connectivity index (χ4n) is 1.19. The lowest BCUT2D eigenvalue weighted by molar-refractivity contribution is 0.0968. The fraction of sp³-hybridized carbons (Fsp3) is 0.714. The van der Waals surface area contributed by atoms with E-state index in [2.05, 4.69) is 22.7 Å². The van der Waals surface area contributed by atoms with Crippen molar-refractivity contribution in [2.45, 2.75) is 19.4 Å². The molecule has 0 aromatic carbocycles. The first-order valence-corrected chi connectivity index (χ1v) is 4.15. The van der Waals surface area contributed by atoms with Crippen molar-refractivity contribution in [2.24, 2.45) is 0 Å². The second-order valence-electron chi connectivity index (χ2n) is 2.86. The number of aryl methyl sites for hydroxylation is 1. The highest BCUT2D eigenvalue weighted by molar-refractivity contribution is 4.92. The largest absolute Gasteiger partial charge is 0.299 e. The van der Waals surface area contributed by atoms with Gasteiger partial charge in [0.2, 0.25) is 0 Å². The molecule has 1 atom stereocenters. The van der Waals surface area contributed by atoms with Crippen molar-refractivity contribution in [3.05, 3.63) is 11.9 Å². The van der Waals surface area contributed by atoms with Crippen molar-refractivity contribution in [1.29, 1.82) is 0 Å². The van der Waals surface area contributed by atoms with Crippen LogP contribution in [0.3, 0.4) is 0 Å². The van der Waals surface area contributed by atoms with Gasteiger partial charge in [-0.2, -0.15) is 0 Å². The first kappa shape index (κ1) is 7.70. The maximum atomic E-state index is 5.02. The van der Waals surface area contributed by atoms with E-state index in [0.717, 1.165) is 18.7 Å². The second kappa shape index (κ2) is 3.20. The highest BCUT2D eigenvalue weighted by Crippen LogP contribution is 2.09. The van der Waals surface area contributed by atoms with Crippen molar-refractivity contribution in [1.82, 2.24) is 20.5 Å². The molecular weight excluding hydrogens is 156 g/mol. The second-order valence-corrected chi connectivity index (χ2v) is 2.86. The van der Waals surface area contributed by atoms with Gasteiger partial charge in [0.25, 0.3) is 0 Å². The molecule has 1 N–H and O–H groups in total. The molecule has 0 radical (unpaired) electrons. The van der Waals surface area contributed by atoms with Gasteiger partial charge in [0.05, 0.1) is 18.3 Å². The maximum absolute atomic E-state index is 5.02. The first-order chi connectivity index (χ1) is 5.90. The summed E-state index contributed by atoms with van der Waals surface area (Å²) in [6.45, 7) is 3.55. The minimum atomic E-state index is 0.304. The fourth-order valence-corrected chi connectivity index (χ4v) is 1.19. The summed E-state index contributed by atoms with van der Waals surface area (Å²) in [5.74, 6) is 0. The van der Waals surface area contributed by atoms with Gasteiger partial charge in [-0.05, 0) is 6.42 Å². The van der Waals surface area contributed by atoms with E-state index in [-0.39, 0.29) is 0 Å². The van der Waals surface area contributed by atoms with Gasteiger partial charge < -0.3 is 0 Å². The van der Waals surface area contributed by atoms with Crippen LogP contribution in [-0.2, 0) is 11.3 Å². The Hall–Kier alpha value is -0.940. The highest BCUT2D eigenvalue weighted by atomic mass is 16.7. The Morgan fingerprint density at radius 2 is 2.75 bits per heavy atom. The van der Waals surface area contributed by atoms with Gasteiger partial charge in [0.15, 0.2) is 0 Å². The zero-order chi connectivity index (χ0) is 8.39. The number of nitrogens with one attached hydrogen (secondary N) is 1. The van der Waals surface area contributed by atoms with Crippen LogP contribution < -0.4 is 5.48 Å². The van der Waals surface area contributed by atoms with Crippen LogP contribution >= 0.6 is 0 Å². The van der Waals surface area contributed by atoms with Crippen LogP contribution in [0.2, 0.25) is 0 Å². The number of rotatable bonds is 2. The third-order valence-electron chi connectivity index (χ3n) is 1.99. The summed E-state index contributed by atoms with van der Waals surface area (Å²) < 4.78 is 1.86. The van der Waals surface area contributed by atoms with Crippen LogP contribution in [-0.4, -0.2) is 28.1 Å². The number of hydrogen-bond donors (Lipinski definition) is 1. The molecule has 66 valence electrons. The Labute approximate surface area is 70.7 Å². The molecule has 2 rings (SSSR count). The maximum Gasteiger partial charge on any atom is 0.0937 e. The van der Waals surface area contributed by atoms with Gasteiger partial charge >= 0.3 is 0 Å². The Morgan fingerprint density at radius 1 is 1.83 bits per heavy atom. The molecule has 0 unspecified atom stereocenters. The average Bonchev–Trinajstić information content (AvgIpc) is 2.75. The lowest BCUT2D eigenvalue weighted by Gasteiger charge is -2.03. The van der Waals surface area contributed by atoms with Crippen molar-refractivity contribution >= 4 is 0 Å². The third-order valence-corrected chi connectivity index (χ3v) is 1.99. The molecule has 1 aromatic rings. The highest BCUT2D eigenvalue weighted by Gasteiger charge is 2.18. The molecule has 0 bridgehead atoms. The van der Waals surface area contributed by atoms with E-state index < -0.39 is 0 Å². The van der Waals surface area contributed by atoms with Crippen LogP contribution in [0.25, 0.3) is 0 Å². The van der Waals surface area contributed by atoms with E-state index in [1.165, 1.54) is 0 Å². The van der Waals surface area contributed by atoms with E-state index in [1.807, 2.05) is 10.9 Å². The Bertz CT molecular complexity index is 254. The van der Waals surface area contributed by atoms with E-state index in [0.29, 0.717) is 12.6 Å². The smallest absolute Gasteiger partial charge is 0.0937 e. The summed E-state index contributed by atoms with van der Waals surface area (Å²) >= 11 is 0. The van der Waals surface area contributed by atoms with Gasteiger partial charge in [-0.1, -0.05) is 12.1 Å². The minimum Gasteiger partial charge on any atom is -0.299 e. The van der Waals surface area contributed by atoms with Crippen molar-refractivity contribution in [3.8, 4) is 0 Å². The van der Waals surface area contributed by atoms with Crippen molar-refractivity contribution < 1.29 is 4.84 Å². The molecule has 0 amide bonds. The average molecular weight is 168 g/mol. The molecule has 1 aliphatic heterocycles. The van der Waals surface area contributed by atoms with E-state index >= 15 is 0 Å². The number of aromatic nitrogens is 3. The van der Waals surface area contributed by atoms with E-state index in [9.17, 15) is 0 Å². The van der Waals surface area contributed by atoms with Crippen LogP contribution in [0.15, 0.2) is 6.20 Å². The molecule has 12 heavy (non-hydrogen) atoms. The molecule has 0 aliphatic carbocycles. The zero-order valence-electron chi connectivity index (χ0n) is 7.03. The van der Waals surface area contributed by atoms with Crippen molar-refractivity contribution in [2.75, 3.05) is 13.2 Å². The number of hydroxylamine groups is 1. The molecule has 1 saturated heterocycles. The molecular formula is C7H12N4O. The van der Waals surface area contributed by atoms with Gasteiger partial charge in [0.1, 0.15) is 0 Å². The first-order valence-electron chi connectivity index (χ1n) is 4.15. The van der Waals surface area contributed by atoms with Crippen LogP contribution in [0.4, 0.5) is 0 Å². The standard InChI is InChI=1S/C7H12N4O/c1-2-6-4-11(10-9-6)7-3-8-12-5-7/h4,7-8H,2-3,5H2,1H3/t7-/m0/s1. The summed E-state index contributed by atoms with van der Waals surface area (Å²) in [4.78, 5) is 5.02. The number of nitrogens with zero attached hydrogens (tertiary/aromatic N) is 3. The quantitative estimate of drug-likeness (QED) is 0.671. The number of hydrogen-bond acceptors (Lipinski definition) is 4. The molecule has 1 aliphatic rings. The molecule has 0 saturated carbocycles. The Balaban J connectivity index is 2.11.